The van der Waals surface area contributed by atoms with Crippen LogP contribution in [0.4, 0.5) is 0 Å². The molecule has 6 heteroatoms. The highest BCUT2D eigenvalue weighted by molar-refractivity contribution is 7.89. The molecule has 0 unspecified atom stereocenters. The van der Waals surface area contributed by atoms with Crippen molar-refractivity contribution in [3.05, 3.63) is 53.1 Å². The molecule has 0 heterocycles. The van der Waals surface area contributed by atoms with Gasteiger partial charge in [0.1, 0.15) is 11.5 Å². The molecule has 2 rings (SSSR count). The third kappa shape index (κ3) is 4.96. The van der Waals surface area contributed by atoms with E-state index in [9.17, 15) is 8.42 Å². The molecule has 0 bridgehead atoms. The Morgan fingerprint density at radius 3 is 2.44 bits per heavy atom. The second-order valence-electron chi connectivity index (χ2n) is 5.94. The summed E-state index contributed by atoms with van der Waals surface area (Å²) in [6.07, 6.45) is 1.49. The maximum Gasteiger partial charge on any atom is 0.240 e. The molecule has 0 saturated heterocycles. The van der Waals surface area contributed by atoms with Gasteiger partial charge in [-0.3, -0.25) is 0 Å². The Hall–Kier alpha value is -2.05. The topological polar surface area (TPSA) is 64.6 Å². The van der Waals surface area contributed by atoms with Crippen molar-refractivity contribution in [2.24, 2.45) is 0 Å². The zero-order valence-corrected chi connectivity index (χ0v) is 15.9. The normalized spacial score (nSPS) is 11.4. The van der Waals surface area contributed by atoms with E-state index in [0.29, 0.717) is 29.2 Å². The van der Waals surface area contributed by atoms with Gasteiger partial charge in [-0.2, -0.15) is 0 Å². The molecule has 136 valence electrons. The zero-order chi connectivity index (χ0) is 18.4. The summed E-state index contributed by atoms with van der Waals surface area (Å²) < 4.78 is 38.2. The molecule has 0 aliphatic heterocycles. The van der Waals surface area contributed by atoms with E-state index in [1.807, 2.05) is 31.2 Å². The van der Waals surface area contributed by atoms with Crippen molar-refractivity contribution in [2.45, 2.75) is 31.6 Å². The van der Waals surface area contributed by atoms with Crippen molar-refractivity contribution in [3.63, 3.8) is 0 Å². The van der Waals surface area contributed by atoms with E-state index in [1.54, 1.807) is 33.3 Å². The Bertz CT molecular complexity index is 831. The Labute approximate surface area is 150 Å². The summed E-state index contributed by atoms with van der Waals surface area (Å²) in [6.45, 7) is 3.98. The van der Waals surface area contributed by atoms with Gasteiger partial charge < -0.3 is 9.47 Å². The van der Waals surface area contributed by atoms with Crippen molar-refractivity contribution in [1.29, 1.82) is 0 Å². The fraction of sp³-hybridized carbons (Fsp3) is 0.368. The Morgan fingerprint density at radius 1 is 1.00 bits per heavy atom. The van der Waals surface area contributed by atoms with Gasteiger partial charge in [-0.25, -0.2) is 13.1 Å². The van der Waals surface area contributed by atoms with E-state index in [-0.39, 0.29) is 0 Å². The number of hydrogen-bond acceptors (Lipinski definition) is 4. The molecular weight excluding hydrogens is 338 g/mol. The van der Waals surface area contributed by atoms with Crippen LogP contribution in [0.5, 0.6) is 11.5 Å². The first-order valence-corrected chi connectivity index (χ1v) is 9.63. The summed E-state index contributed by atoms with van der Waals surface area (Å²) >= 11 is 0. The third-order valence-corrected chi connectivity index (χ3v) is 5.65. The molecule has 0 aliphatic carbocycles. The zero-order valence-electron chi connectivity index (χ0n) is 15.1. The number of nitrogens with one attached hydrogen (secondary N) is 1. The average Bonchev–Trinajstić information content (AvgIpc) is 2.60. The number of hydrogen-bond donors (Lipinski definition) is 1. The molecule has 25 heavy (non-hydrogen) atoms. The fourth-order valence-electron chi connectivity index (χ4n) is 2.68. The van der Waals surface area contributed by atoms with E-state index >= 15 is 0 Å². The summed E-state index contributed by atoms with van der Waals surface area (Å²) in [5.74, 6) is 1.50. The van der Waals surface area contributed by atoms with Gasteiger partial charge in [-0.1, -0.05) is 12.1 Å². The Kier molecular flexibility index (Phi) is 6.45. The molecule has 2 aromatic carbocycles. The number of benzene rings is 2. The minimum Gasteiger partial charge on any atom is -0.497 e. The quantitative estimate of drug-likeness (QED) is 0.732. The molecule has 2 aromatic rings. The summed E-state index contributed by atoms with van der Waals surface area (Å²) in [5, 5.41) is 0. The van der Waals surface area contributed by atoms with Crippen LogP contribution >= 0.6 is 0 Å². The van der Waals surface area contributed by atoms with Crippen LogP contribution in [0, 0.1) is 13.8 Å². The Balaban J connectivity index is 1.99. The average molecular weight is 363 g/mol. The summed E-state index contributed by atoms with van der Waals surface area (Å²) in [5.41, 5.74) is 2.59. The molecule has 0 amide bonds. The summed E-state index contributed by atoms with van der Waals surface area (Å²) in [4.78, 5) is 0.298. The molecule has 0 atom stereocenters. The number of ether oxygens (including phenoxy) is 2. The minimum atomic E-state index is -3.54. The molecule has 0 aliphatic rings. The first-order valence-electron chi connectivity index (χ1n) is 8.15. The maximum atomic E-state index is 12.5. The Morgan fingerprint density at radius 2 is 1.76 bits per heavy atom. The lowest BCUT2D eigenvalue weighted by atomic mass is 10.1. The molecule has 0 saturated carbocycles. The predicted molar refractivity (Wildman–Crippen MR) is 99.0 cm³/mol. The van der Waals surface area contributed by atoms with Gasteiger partial charge in [0.05, 0.1) is 19.1 Å². The van der Waals surface area contributed by atoms with Gasteiger partial charge in [-0.15, -0.1) is 0 Å². The van der Waals surface area contributed by atoms with Crippen molar-refractivity contribution in [1.82, 2.24) is 4.72 Å². The number of sulfonamides is 1. The van der Waals surface area contributed by atoms with Gasteiger partial charge in [0.2, 0.25) is 10.0 Å². The predicted octanol–water partition coefficient (Wildman–Crippen LogP) is 3.23. The highest BCUT2D eigenvalue weighted by Crippen LogP contribution is 2.25. The van der Waals surface area contributed by atoms with Gasteiger partial charge in [0, 0.05) is 6.54 Å². The first-order chi connectivity index (χ1) is 11.9. The molecule has 0 fully saturated rings. The lowest BCUT2D eigenvalue weighted by Gasteiger charge is -2.13. The second kappa shape index (κ2) is 8.36. The van der Waals surface area contributed by atoms with Gasteiger partial charge in [0.25, 0.3) is 0 Å². The third-order valence-electron chi connectivity index (χ3n) is 4.05. The monoisotopic (exact) mass is 363 g/mol. The maximum absolute atomic E-state index is 12.5. The summed E-state index contributed by atoms with van der Waals surface area (Å²) in [6, 6.07) is 11.2. The van der Waals surface area contributed by atoms with Gasteiger partial charge >= 0.3 is 0 Å². The van der Waals surface area contributed by atoms with Crippen LogP contribution in [-0.2, 0) is 16.4 Å². The van der Waals surface area contributed by atoms with Crippen LogP contribution in [0.3, 0.4) is 0 Å². The van der Waals surface area contributed by atoms with E-state index in [4.69, 9.17) is 9.47 Å². The molecule has 0 radical (unpaired) electrons. The number of methoxy groups -OCH3 is 2. The van der Waals surface area contributed by atoms with E-state index in [2.05, 4.69) is 4.72 Å². The molecular formula is C19H25NO4S. The van der Waals surface area contributed by atoms with Gasteiger partial charge in [0.15, 0.2) is 0 Å². The lowest BCUT2D eigenvalue weighted by Crippen LogP contribution is -2.26. The van der Waals surface area contributed by atoms with Gasteiger partial charge in [-0.05, 0) is 67.6 Å². The van der Waals surface area contributed by atoms with E-state index in [1.165, 1.54) is 0 Å². The highest BCUT2D eigenvalue weighted by Gasteiger charge is 2.18. The number of rotatable bonds is 8. The molecule has 0 spiro atoms. The van der Waals surface area contributed by atoms with Crippen LogP contribution in [0.1, 0.15) is 23.1 Å². The van der Waals surface area contributed by atoms with Crippen LogP contribution in [0.25, 0.3) is 0 Å². The fourth-order valence-corrected chi connectivity index (χ4v) is 4.06. The number of aryl methyl sites for hydroxylation is 3. The minimum absolute atomic E-state index is 0.298. The first kappa shape index (κ1) is 19.3. The van der Waals surface area contributed by atoms with Crippen LogP contribution < -0.4 is 14.2 Å². The summed E-state index contributed by atoms with van der Waals surface area (Å²) in [7, 11) is -0.328. The van der Waals surface area contributed by atoms with Crippen LogP contribution in [-0.4, -0.2) is 29.2 Å². The largest absolute Gasteiger partial charge is 0.497 e. The SMILES string of the molecule is COc1cccc(CCCNS(=O)(=O)c2cc(C)c(OC)cc2C)c1. The molecule has 1 N–H and O–H groups in total. The van der Waals surface area contributed by atoms with Crippen molar-refractivity contribution in [2.75, 3.05) is 20.8 Å². The second-order valence-corrected chi connectivity index (χ2v) is 7.68. The van der Waals surface area contributed by atoms with Crippen LogP contribution in [0.15, 0.2) is 41.3 Å². The van der Waals surface area contributed by atoms with Crippen molar-refractivity contribution >= 4 is 10.0 Å². The lowest BCUT2D eigenvalue weighted by molar-refractivity contribution is 0.411. The highest BCUT2D eigenvalue weighted by atomic mass is 32.2. The smallest absolute Gasteiger partial charge is 0.240 e. The van der Waals surface area contributed by atoms with Crippen molar-refractivity contribution < 1.29 is 17.9 Å². The van der Waals surface area contributed by atoms with E-state index in [0.717, 1.165) is 23.3 Å². The van der Waals surface area contributed by atoms with Crippen molar-refractivity contribution in [3.8, 4) is 11.5 Å². The standard InChI is InChI=1S/C19H25NO4S/c1-14-12-19(15(2)11-18(14)24-4)25(21,22)20-10-6-8-16-7-5-9-17(13-16)23-3/h5,7,9,11-13,20H,6,8,10H2,1-4H3. The molecule has 0 aromatic heterocycles. The van der Waals surface area contributed by atoms with Crippen LogP contribution in [0.2, 0.25) is 0 Å². The molecule has 5 nitrogen and oxygen atoms in total. The van der Waals surface area contributed by atoms with E-state index < -0.39 is 10.0 Å².